The highest BCUT2D eigenvalue weighted by molar-refractivity contribution is 4.49. The number of hydrogen-bond acceptors (Lipinski definition) is 2. The summed E-state index contributed by atoms with van der Waals surface area (Å²) < 4.78 is 10.3. The van der Waals surface area contributed by atoms with Gasteiger partial charge < -0.3 is 9.47 Å². The summed E-state index contributed by atoms with van der Waals surface area (Å²) in [7, 11) is 0. The molecule has 1 rings (SSSR count). The van der Waals surface area contributed by atoms with Crippen LogP contribution in [0.2, 0.25) is 0 Å². The standard InChI is InChI=1S/C24H50O.C2H4O/c1-3-5-7-9-11-13-15-17-19-21-23-25-24-22-20-18-16-14-12-10-8-6-4-2;1-2-3-1/h3-24H2,1-2H3;1-2H2. The Morgan fingerprint density at radius 2 is 0.679 bits per heavy atom. The third-order valence-electron chi connectivity index (χ3n) is 5.49. The quantitative estimate of drug-likeness (QED) is 0.134. The van der Waals surface area contributed by atoms with Crippen LogP contribution in [0.1, 0.15) is 142 Å². The van der Waals surface area contributed by atoms with Gasteiger partial charge in [-0.15, -0.1) is 0 Å². The Bertz CT molecular complexity index is 228. The molecule has 0 amide bonds. The van der Waals surface area contributed by atoms with Crippen LogP contribution in [0.25, 0.3) is 0 Å². The molecule has 0 saturated carbocycles. The summed E-state index contributed by atoms with van der Waals surface area (Å²) in [5.41, 5.74) is 0. The second-order valence-corrected chi connectivity index (χ2v) is 8.59. The first-order valence-corrected chi connectivity index (χ1v) is 13.1. The predicted octanol–water partition coefficient (Wildman–Crippen LogP) is 8.86. The van der Waals surface area contributed by atoms with Crippen molar-refractivity contribution in [3.8, 4) is 0 Å². The summed E-state index contributed by atoms with van der Waals surface area (Å²) in [6.45, 7) is 8.57. The maximum Gasteiger partial charge on any atom is 0.0701 e. The molecule has 0 aromatic carbocycles. The molecule has 1 aliphatic rings. The summed E-state index contributed by atoms with van der Waals surface area (Å²) in [6, 6.07) is 0. The minimum absolute atomic E-state index is 0.994. The number of ether oxygens (including phenoxy) is 2. The summed E-state index contributed by atoms with van der Waals surface area (Å²) >= 11 is 0. The minimum Gasteiger partial charge on any atom is -0.381 e. The molecule has 0 radical (unpaired) electrons. The zero-order valence-electron chi connectivity index (χ0n) is 19.8. The fourth-order valence-electron chi connectivity index (χ4n) is 3.49. The van der Waals surface area contributed by atoms with E-state index in [0.717, 1.165) is 26.4 Å². The Morgan fingerprint density at radius 3 is 0.929 bits per heavy atom. The molecule has 0 bridgehead atoms. The van der Waals surface area contributed by atoms with E-state index in [9.17, 15) is 0 Å². The van der Waals surface area contributed by atoms with Crippen LogP contribution in [0.5, 0.6) is 0 Å². The molecule has 0 aromatic heterocycles. The maximum absolute atomic E-state index is 5.78. The monoisotopic (exact) mass is 398 g/mol. The summed E-state index contributed by atoms with van der Waals surface area (Å²) in [6.07, 6.45) is 28.2. The van der Waals surface area contributed by atoms with Crippen LogP contribution < -0.4 is 0 Å². The number of epoxide rings is 1. The molecular weight excluding hydrogens is 344 g/mol. The molecular formula is C26H54O2. The van der Waals surface area contributed by atoms with Crippen molar-refractivity contribution in [3.05, 3.63) is 0 Å². The molecule has 2 heteroatoms. The van der Waals surface area contributed by atoms with Gasteiger partial charge in [0.05, 0.1) is 13.2 Å². The first-order valence-electron chi connectivity index (χ1n) is 13.1. The zero-order valence-corrected chi connectivity index (χ0v) is 19.8. The third kappa shape index (κ3) is 30.6. The molecule has 0 aromatic rings. The van der Waals surface area contributed by atoms with E-state index < -0.39 is 0 Å². The van der Waals surface area contributed by atoms with Crippen molar-refractivity contribution in [2.45, 2.75) is 142 Å². The number of hydrogen-bond donors (Lipinski definition) is 0. The van der Waals surface area contributed by atoms with Gasteiger partial charge in [-0.05, 0) is 12.8 Å². The highest BCUT2D eigenvalue weighted by Gasteiger charge is 1.95. The second kappa shape index (κ2) is 26.9. The molecule has 0 atom stereocenters. The average molecular weight is 399 g/mol. The molecule has 1 aliphatic heterocycles. The molecule has 0 aliphatic carbocycles. The Morgan fingerprint density at radius 1 is 0.429 bits per heavy atom. The Kier molecular flexibility index (Phi) is 26.8. The Labute approximate surface area is 178 Å². The van der Waals surface area contributed by atoms with E-state index in [0.29, 0.717) is 0 Å². The van der Waals surface area contributed by atoms with E-state index in [4.69, 9.17) is 4.74 Å². The van der Waals surface area contributed by atoms with E-state index in [2.05, 4.69) is 18.6 Å². The van der Waals surface area contributed by atoms with Crippen LogP contribution in [0.4, 0.5) is 0 Å². The van der Waals surface area contributed by atoms with Crippen LogP contribution in [-0.2, 0) is 9.47 Å². The van der Waals surface area contributed by atoms with Crippen molar-refractivity contribution < 1.29 is 9.47 Å². The molecule has 0 spiro atoms. The molecule has 0 N–H and O–H groups in total. The van der Waals surface area contributed by atoms with Crippen molar-refractivity contribution >= 4 is 0 Å². The van der Waals surface area contributed by atoms with E-state index >= 15 is 0 Å². The molecule has 0 unspecified atom stereocenters. The van der Waals surface area contributed by atoms with Gasteiger partial charge in [-0.3, -0.25) is 0 Å². The van der Waals surface area contributed by atoms with E-state index in [-0.39, 0.29) is 0 Å². The van der Waals surface area contributed by atoms with E-state index in [1.807, 2.05) is 0 Å². The first kappa shape index (κ1) is 27.9. The minimum atomic E-state index is 0.994. The molecule has 2 nitrogen and oxygen atoms in total. The highest BCUT2D eigenvalue weighted by atomic mass is 16.6. The normalized spacial score (nSPS) is 12.6. The predicted molar refractivity (Wildman–Crippen MR) is 125 cm³/mol. The van der Waals surface area contributed by atoms with E-state index in [1.165, 1.54) is 128 Å². The fourth-order valence-corrected chi connectivity index (χ4v) is 3.49. The Balaban J connectivity index is 0.00000219. The molecule has 170 valence electrons. The smallest absolute Gasteiger partial charge is 0.0701 e. The maximum atomic E-state index is 5.78. The largest absolute Gasteiger partial charge is 0.381 e. The van der Waals surface area contributed by atoms with Gasteiger partial charge in [-0.1, -0.05) is 129 Å². The van der Waals surface area contributed by atoms with Crippen molar-refractivity contribution in [2.24, 2.45) is 0 Å². The third-order valence-corrected chi connectivity index (χ3v) is 5.49. The highest BCUT2D eigenvalue weighted by Crippen LogP contribution is 2.12. The summed E-state index contributed by atoms with van der Waals surface area (Å²) in [5, 5.41) is 0. The van der Waals surface area contributed by atoms with Crippen LogP contribution in [-0.4, -0.2) is 26.4 Å². The topological polar surface area (TPSA) is 21.8 Å². The molecule has 28 heavy (non-hydrogen) atoms. The van der Waals surface area contributed by atoms with Gasteiger partial charge in [0.25, 0.3) is 0 Å². The lowest BCUT2D eigenvalue weighted by Gasteiger charge is -2.05. The summed E-state index contributed by atoms with van der Waals surface area (Å²) in [5.74, 6) is 0. The van der Waals surface area contributed by atoms with Gasteiger partial charge in [0.2, 0.25) is 0 Å². The zero-order chi connectivity index (χ0) is 20.4. The molecule has 1 saturated heterocycles. The van der Waals surface area contributed by atoms with Gasteiger partial charge in [0.15, 0.2) is 0 Å². The lowest BCUT2D eigenvalue weighted by Crippen LogP contribution is -1.97. The Hall–Kier alpha value is -0.0800. The molecule has 1 heterocycles. The van der Waals surface area contributed by atoms with Crippen LogP contribution in [0.3, 0.4) is 0 Å². The number of rotatable bonds is 22. The van der Waals surface area contributed by atoms with Crippen molar-refractivity contribution in [1.82, 2.24) is 0 Å². The van der Waals surface area contributed by atoms with Crippen molar-refractivity contribution in [1.29, 1.82) is 0 Å². The lowest BCUT2D eigenvalue weighted by molar-refractivity contribution is 0.125. The number of unbranched alkanes of at least 4 members (excludes halogenated alkanes) is 18. The van der Waals surface area contributed by atoms with Gasteiger partial charge in [-0.25, -0.2) is 0 Å². The van der Waals surface area contributed by atoms with Crippen molar-refractivity contribution in [2.75, 3.05) is 26.4 Å². The SMILES string of the molecule is C1CO1.CCCCCCCCCCCCOCCCCCCCCCCCC. The fraction of sp³-hybridized carbons (Fsp3) is 1.00. The van der Waals surface area contributed by atoms with Crippen LogP contribution >= 0.6 is 0 Å². The van der Waals surface area contributed by atoms with Gasteiger partial charge in [0, 0.05) is 13.2 Å². The van der Waals surface area contributed by atoms with Gasteiger partial charge in [0.1, 0.15) is 0 Å². The van der Waals surface area contributed by atoms with Crippen LogP contribution in [0.15, 0.2) is 0 Å². The van der Waals surface area contributed by atoms with Crippen molar-refractivity contribution in [3.63, 3.8) is 0 Å². The van der Waals surface area contributed by atoms with Gasteiger partial charge in [-0.2, -0.15) is 0 Å². The molecule has 1 fully saturated rings. The van der Waals surface area contributed by atoms with Gasteiger partial charge >= 0.3 is 0 Å². The average Bonchev–Trinajstić information content (AvgIpc) is 3.58. The second-order valence-electron chi connectivity index (χ2n) is 8.59. The summed E-state index contributed by atoms with van der Waals surface area (Å²) in [4.78, 5) is 0. The first-order chi connectivity index (χ1) is 13.9. The van der Waals surface area contributed by atoms with E-state index in [1.54, 1.807) is 0 Å². The lowest BCUT2D eigenvalue weighted by atomic mass is 10.1. The van der Waals surface area contributed by atoms with Crippen LogP contribution in [0, 0.1) is 0 Å².